The number of hydrogen-bond donors (Lipinski definition) is 1. The third-order valence-corrected chi connectivity index (χ3v) is 8.42. The summed E-state index contributed by atoms with van der Waals surface area (Å²) in [6, 6.07) is 11.7. The molecule has 1 N–H and O–H groups in total. The summed E-state index contributed by atoms with van der Waals surface area (Å²) >= 11 is 0. The molecule has 0 radical (unpaired) electrons. The fourth-order valence-electron chi connectivity index (χ4n) is 6.42. The first kappa shape index (κ1) is 26.3. The van der Waals surface area contributed by atoms with Crippen LogP contribution in [0.4, 0.5) is 4.79 Å². The van der Waals surface area contributed by atoms with E-state index in [0.717, 1.165) is 67.7 Å². The molecule has 3 aromatic rings. The van der Waals surface area contributed by atoms with Crippen LogP contribution in [0.25, 0.3) is 10.9 Å². The Morgan fingerprint density at radius 3 is 2.45 bits per heavy atom. The highest BCUT2D eigenvalue weighted by Crippen LogP contribution is 2.43. The topological polar surface area (TPSA) is 90.2 Å². The van der Waals surface area contributed by atoms with Crippen LogP contribution in [0.3, 0.4) is 0 Å². The number of methoxy groups -OCH3 is 2. The maximum atomic E-state index is 12.0. The van der Waals surface area contributed by atoms with E-state index in [0.29, 0.717) is 29.5 Å². The summed E-state index contributed by atoms with van der Waals surface area (Å²) in [5.74, 6) is 1.69. The van der Waals surface area contributed by atoms with Crippen LogP contribution >= 0.6 is 0 Å². The lowest BCUT2D eigenvalue weighted by Crippen LogP contribution is -2.39. The summed E-state index contributed by atoms with van der Waals surface area (Å²) in [4.78, 5) is 26.4. The van der Waals surface area contributed by atoms with Crippen molar-refractivity contribution in [3.63, 3.8) is 0 Å². The normalized spacial score (nSPS) is 20.9. The van der Waals surface area contributed by atoms with Crippen molar-refractivity contribution in [3.05, 3.63) is 64.8 Å². The zero-order chi connectivity index (χ0) is 26.8. The van der Waals surface area contributed by atoms with Gasteiger partial charge in [-0.15, -0.1) is 0 Å². The van der Waals surface area contributed by atoms with Crippen LogP contribution in [0.15, 0.2) is 42.6 Å². The monoisotopic (exact) mass is 520 g/mol. The Labute approximate surface area is 223 Å². The van der Waals surface area contributed by atoms with Crippen LogP contribution in [0.2, 0.25) is 0 Å². The molecule has 2 saturated heterocycles. The maximum absolute atomic E-state index is 12.0. The molecule has 2 aliphatic rings. The second-order valence-electron chi connectivity index (χ2n) is 10.4. The molecule has 2 aromatic carbocycles. The SMILES string of the molecule is COC(=O)c1ccc([C@@H]2CC(C3CCOCC3)CCN2Cc2c(OC)cc(C)c3c2ccn3C(=O)O)cc1. The van der Waals surface area contributed by atoms with E-state index in [4.69, 9.17) is 14.2 Å². The van der Waals surface area contributed by atoms with Gasteiger partial charge in [0, 0.05) is 42.9 Å². The van der Waals surface area contributed by atoms with Crippen molar-refractivity contribution in [1.82, 2.24) is 9.47 Å². The van der Waals surface area contributed by atoms with E-state index in [1.54, 1.807) is 13.3 Å². The van der Waals surface area contributed by atoms with Gasteiger partial charge < -0.3 is 19.3 Å². The van der Waals surface area contributed by atoms with Crippen LogP contribution in [-0.4, -0.2) is 60.6 Å². The van der Waals surface area contributed by atoms with E-state index < -0.39 is 6.09 Å². The highest BCUT2D eigenvalue weighted by molar-refractivity contribution is 5.94. The lowest BCUT2D eigenvalue weighted by molar-refractivity contribution is 0.0141. The average Bonchev–Trinajstić information content (AvgIpc) is 3.41. The number of hydrogen-bond acceptors (Lipinski definition) is 6. The molecule has 3 heterocycles. The highest BCUT2D eigenvalue weighted by Gasteiger charge is 2.35. The summed E-state index contributed by atoms with van der Waals surface area (Å²) in [6.45, 7) is 5.14. The second-order valence-corrected chi connectivity index (χ2v) is 10.4. The van der Waals surface area contributed by atoms with Crippen molar-refractivity contribution in [2.45, 2.75) is 45.2 Å². The Morgan fingerprint density at radius 2 is 1.79 bits per heavy atom. The van der Waals surface area contributed by atoms with Gasteiger partial charge in [-0.1, -0.05) is 12.1 Å². The van der Waals surface area contributed by atoms with Crippen LogP contribution < -0.4 is 4.74 Å². The largest absolute Gasteiger partial charge is 0.496 e. The van der Waals surface area contributed by atoms with Gasteiger partial charge in [-0.3, -0.25) is 9.47 Å². The van der Waals surface area contributed by atoms with E-state index in [1.807, 2.05) is 43.3 Å². The van der Waals surface area contributed by atoms with Gasteiger partial charge in [-0.25, -0.2) is 9.59 Å². The molecule has 1 unspecified atom stereocenters. The molecule has 0 spiro atoms. The number of aromatic nitrogens is 1. The number of carbonyl (C=O) groups is 2. The van der Waals surface area contributed by atoms with Crippen molar-refractivity contribution >= 4 is 23.0 Å². The van der Waals surface area contributed by atoms with Gasteiger partial charge >= 0.3 is 12.1 Å². The molecule has 1 aromatic heterocycles. The molecule has 0 aliphatic carbocycles. The predicted molar refractivity (Wildman–Crippen MR) is 144 cm³/mol. The van der Waals surface area contributed by atoms with Crippen LogP contribution in [0, 0.1) is 18.8 Å². The number of carboxylic acid groups (broad SMARTS) is 1. The van der Waals surface area contributed by atoms with Gasteiger partial charge in [-0.2, -0.15) is 0 Å². The number of likely N-dealkylation sites (tertiary alicyclic amines) is 1. The number of benzene rings is 2. The minimum atomic E-state index is -1.000. The van der Waals surface area contributed by atoms with Crippen molar-refractivity contribution < 1.29 is 28.9 Å². The summed E-state index contributed by atoms with van der Waals surface area (Å²) in [7, 11) is 3.06. The number of carbonyl (C=O) groups excluding carboxylic acids is 1. The predicted octanol–water partition coefficient (Wildman–Crippen LogP) is 5.65. The van der Waals surface area contributed by atoms with Gasteiger partial charge in [0.2, 0.25) is 0 Å². The molecule has 202 valence electrons. The first-order valence-electron chi connectivity index (χ1n) is 13.3. The first-order valence-corrected chi connectivity index (χ1v) is 13.3. The molecular weight excluding hydrogens is 484 g/mol. The summed E-state index contributed by atoms with van der Waals surface area (Å²) in [5, 5.41) is 10.6. The van der Waals surface area contributed by atoms with Gasteiger partial charge in [0.1, 0.15) is 5.75 Å². The summed E-state index contributed by atoms with van der Waals surface area (Å²) in [6.07, 6.45) is 4.95. The number of fused-ring (bicyclic) bond motifs is 1. The maximum Gasteiger partial charge on any atom is 0.416 e. The molecule has 0 amide bonds. The quantitative estimate of drug-likeness (QED) is 0.420. The molecule has 38 heavy (non-hydrogen) atoms. The number of nitrogens with zero attached hydrogens (tertiary/aromatic N) is 2. The summed E-state index contributed by atoms with van der Waals surface area (Å²) < 4.78 is 17.6. The van der Waals surface area contributed by atoms with Crippen molar-refractivity contribution in [2.75, 3.05) is 34.0 Å². The Balaban J connectivity index is 1.51. The van der Waals surface area contributed by atoms with Gasteiger partial charge in [0.25, 0.3) is 0 Å². The molecule has 0 bridgehead atoms. The van der Waals surface area contributed by atoms with Crippen LogP contribution in [0.1, 0.15) is 58.8 Å². The van der Waals surface area contributed by atoms with Crippen molar-refractivity contribution in [3.8, 4) is 5.75 Å². The van der Waals surface area contributed by atoms with Crippen molar-refractivity contribution in [1.29, 1.82) is 0 Å². The molecule has 2 atom stereocenters. The highest BCUT2D eigenvalue weighted by atomic mass is 16.5. The second kappa shape index (κ2) is 11.2. The number of esters is 1. The van der Waals surface area contributed by atoms with E-state index in [1.165, 1.54) is 17.2 Å². The van der Waals surface area contributed by atoms with Gasteiger partial charge in [0.15, 0.2) is 0 Å². The van der Waals surface area contributed by atoms with E-state index in [2.05, 4.69) is 4.90 Å². The minimum absolute atomic E-state index is 0.158. The number of rotatable bonds is 6. The Morgan fingerprint density at radius 1 is 1.05 bits per heavy atom. The average molecular weight is 521 g/mol. The Hall–Kier alpha value is -3.36. The molecule has 2 aliphatic heterocycles. The molecule has 0 saturated carbocycles. The first-order chi connectivity index (χ1) is 18.4. The Kier molecular flexibility index (Phi) is 7.72. The fourth-order valence-corrected chi connectivity index (χ4v) is 6.42. The van der Waals surface area contributed by atoms with E-state index >= 15 is 0 Å². The third kappa shape index (κ3) is 5.02. The lowest BCUT2D eigenvalue weighted by Gasteiger charge is -2.43. The summed E-state index contributed by atoms with van der Waals surface area (Å²) in [5.41, 5.74) is 4.26. The van der Waals surface area contributed by atoms with Gasteiger partial charge in [-0.05, 0) is 86.4 Å². The molecular formula is C30H36N2O6. The Bertz CT molecular complexity index is 1310. The molecule has 8 nitrogen and oxygen atoms in total. The zero-order valence-electron chi connectivity index (χ0n) is 22.3. The van der Waals surface area contributed by atoms with Crippen LogP contribution in [-0.2, 0) is 16.0 Å². The number of ether oxygens (including phenoxy) is 3. The number of aryl methyl sites for hydroxylation is 1. The van der Waals surface area contributed by atoms with Crippen LogP contribution in [0.5, 0.6) is 5.75 Å². The fraction of sp³-hybridized carbons (Fsp3) is 0.467. The van der Waals surface area contributed by atoms with E-state index in [-0.39, 0.29) is 12.0 Å². The lowest BCUT2D eigenvalue weighted by atomic mass is 9.76. The van der Waals surface area contributed by atoms with Crippen molar-refractivity contribution in [2.24, 2.45) is 11.8 Å². The molecule has 5 rings (SSSR count). The zero-order valence-corrected chi connectivity index (χ0v) is 22.3. The third-order valence-electron chi connectivity index (χ3n) is 8.42. The van der Waals surface area contributed by atoms with E-state index in [9.17, 15) is 14.7 Å². The molecule has 8 heteroatoms. The molecule has 2 fully saturated rings. The standard InChI is InChI=1S/C30H36N2O6/c1-19-16-27(36-2)25(24-9-13-32(28(19)24)30(34)35)18-31-12-8-23(20-10-14-38-15-11-20)17-26(31)21-4-6-22(7-5-21)29(33)37-3/h4-7,9,13,16,20,23,26H,8,10-12,14-15,17-18H2,1-3H3,(H,34,35)/t23?,26-/m0/s1. The number of piperidine rings is 1. The minimum Gasteiger partial charge on any atom is -0.496 e. The van der Waals surface area contributed by atoms with Gasteiger partial charge in [0.05, 0.1) is 25.3 Å². The smallest absolute Gasteiger partial charge is 0.416 e.